The second kappa shape index (κ2) is 5.56. The molecule has 3 rings (SSSR count). The summed E-state index contributed by atoms with van der Waals surface area (Å²) in [6.07, 6.45) is 7.31. The molecule has 1 saturated heterocycles. The third-order valence-corrected chi connectivity index (χ3v) is 5.67. The van der Waals surface area contributed by atoms with Crippen molar-refractivity contribution in [3.8, 4) is 0 Å². The Hall–Kier alpha value is -0.750. The van der Waals surface area contributed by atoms with Crippen molar-refractivity contribution in [1.82, 2.24) is 14.8 Å². The minimum absolute atomic E-state index is 0.157. The Morgan fingerprint density at radius 2 is 2.10 bits per heavy atom. The lowest BCUT2D eigenvalue weighted by atomic mass is 9.92. The van der Waals surface area contributed by atoms with E-state index in [1.165, 1.54) is 25.7 Å². The van der Waals surface area contributed by atoms with Gasteiger partial charge in [-0.15, -0.1) is 10.2 Å². The number of rotatable bonds is 3. The summed E-state index contributed by atoms with van der Waals surface area (Å²) in [6, 6.07) is 0.299. The van der Waals surface area contributed by atoms with E-state index in [1.54, 1.807) is 0 Å². The molecule has 1 aromatic rings. The number of thioether (sulfide) groups is 1. The van der Waals surface area contributed by atoms with Crippen molar-refractivity contribution in [2.45, 2.75) is 74.4 Å². The van der Waals surface area contributed by atoms with Gasteiger partial charge < -0.3 is 10.5 Å². The standard InChI is InChI=1S/C14H24N4OS/c1-10(2)18-12(15)16-17-13(18)20-11-5-8-19-14(9-11)6-3-4-7-14/h10-11H,3-9H2,1-2H3,(H2,15,16). The van der Waals surface area contributed by atoms with E-state index in [0.717, 1.165) is 24.6 Å². The molecule has 2 heterocycles. The number of anilines is 1. The largest absolute Gasteiger partial charge is 0.375 e. The third kappa shape index (κ3) is 2.68. The highest BCUT2D eigenvalue weighted by molar-refractivity contribution is 7.99. The van der Waals surface area contributed by atoms with E-state index in [2.05, 4.69) is 24.0 Å². The molecular formula is C14H24N4OS. The number of hydrogen-bond donors (Lipinski definition) is 1. The normalized spacial score (nSPS) is 25.6. The van der Waals surface area contributed by atoms with E-state index in [-0.39, 0.29) is 5.60 Å². The SMILES string of the molecule is CC(C)n1c(N)nnc1SC1CCOC2(CCCC2)C1. The summed E-state index contributed by atoms with van der Waals surface area (Å²) in [6.45, 7) is 5.11. The van der Waals surface area contributed by atoms with Gasteiger partial charge in [-0.25, -0.2) is 0 Å². The zero-order chi connectivity index (χ0) is 14.2. The van der Waals surface area contributed by atoms with E-state index in [0.29, 0.717) is 17.2 Å². The number of hydrogen-bond acceptors (Lipinski definition) is 5. The first kappa shape index (κ1) is 14.2. The van der Waals surface area contributed by atoms with Gasteiger partial charge in [0.1, 0.15) is 0 Å². The minimum atomic E-state index is 0.157. The van der Waals surface area contributed by atoms with Gasteiger partial charge in [0.15, 0.2) is 5.16 Å². The smallest absolute Gasteiger partial charge is 0.222 e. The maximum Gasteiger partial charge on any atom is 0.222 e. The zero-order valence-corrected chi connectivity index (χ0v) is 13.2. The molecule has 1 saturated carbocycles. The van der Waals surface area contributed by atoms with Gasteiger partial charge in [0.2, 0.25) is 5.95 Å². The molecule has 0 aromatic carbocycles. The number of nitrogen functional groups attached to an aromatic ring is 1. The molecule has 1 unspecified atom stereocenters. The van der Waals surface area contributed by atoms with E-state index >= 15 is 0 Å². The number of ether oxygens (including phenoxy) is 1. The second-order valence-electron chi connectivity index (χ2n) is 6.28. The van der Waals surface area contributed by atoms with E-state index in [1.807, 2.05) is 16.3 Å². The molecule has 0 bridgehead atoms. The van der Waals surface area contributed by atoms with Crippen LogP contribution in [-0.2, 0) is 4.74 Å². The van der Waals surface area contributed by atoms with Crippen LogP contribution in [0.4, 0.5) is 5.95 Å². The van der Waals surface area contributed by atoms with E-state index in [9.17, 15) is 0 Å². The van der Waals surface area contributed by atoms with Gasteiger partial charge in [-0.3, -0.25) is 4.57 Å². The van der Waals surface area contributed by atoms with Crippen LogP contribution in [-0.4, -0.2) is 32.2 Å². The minimum Gasteiger partial charge on any atom is -0.375 e. The molecule has 2 fully saturated rings. The molecule has 6 heteroatoms. The van der Waals surface area contributed by atoms with Gasteiger partial charge in [0.25, 0.3) is 0 Å². The van der Waals surface area contributed by atoms with E-state index < -0.39 is 0 Å². The maximum atomic E-state index is 6.10. The summed E-state index contributed by atoms with van der Waals surface area (Å²) in [4.78, 5) is 0. The van der Waals surface area contributed by atoms with Crippen molar-refractivity contribution in [3.63, 3.8) is 0 Å². The van der Waals surface area contributed by atoms with Crippen molar-refractivity contribution in [2.24, 2.45) is 0 Å². The first-order valence-electron chi connectivity index (χ1n) is 7.61. The van der Waals surface area contributed by atoms with Crippen LogP contribution in [0.1, 0.15) is 58.4 Å². The Bertz CT molecular complexity index is 468. The summed E-state index contributed by atoms with van der Waals surface area (Å²) in [5.74, 6) is 0.519. The topological polar surface area (TPSA) is 66.0 Å². The number of nitrogens with zero attached hydrogens (tertiary/aromatic N) is 3. The summed E-state index contributed by atoms with van der Waals surface area (Å²) >= 11 is 1.83. The van der Waals surface area contributed by atoms with Crippen LogP contribution in [0, 0.1) is 0 Å². The number of nitrogens with two attached hydrogens (primary N) is 1. The van der Waals surface area contributed by atoms with Crippen molar-refractivity contribution in [3.05, 3.63) is 0 Å². The molecule has 0 radical (unpaired) electrons. The van der Waals surface area contributed by atoms with Crippen LogP contribution in [0.2, 0.25) is 0 Å². The molecule has 1 spiro atoms. The van der Waals surface area contributed by atoms with Crippen LogP contribution in [0.5, 0.6) is 0 Å². The van der Waals surface area contributed by atoms with Crippen LogP contribution in [0.15, 0.2) is 5.16 Å². The molecule has 2 N–H and O–H groups in total. The molecule has 1 aromatic heterocycles. The molecular weight excluding hydrogens is 272 g/mol. The second-order valence-corrected chi connectivity index (χ2v) is 7.54. The van der Waals surface area contributed by atoms with Crippen LogP contribution >= 0.6 is 11.8 Å². The highest BCUT2D eigenvalue weighted by Crippen LogP contribution is 2.44. The average molecular weight is 296 g/mol. The van der Waals surface area contributed by atoms with E-state index in [4.69, 9.17) is 10.5 Å². The number of aromatic nitrogens is 3. The Morgan fingerprint density at radius 1 is 1.35 bits per heavy atom. The fourth-order valence-electron chi connectivity index (χ4n) is 3.45. The first-order chi connectivity index (χ1) is 9.60. The molecule has 1 aliphatic heterocycles. The molecule has 20 heavy (non-hydrogen) atoms. The summed E-state index contributed by atoms with van der Waals surface area (Å²) in [7, 11) is 0. The Morgan fingerprint density at radius 3 is 2.80 bits per heavy atom. The highest BCUT2D eigenvalue weighted by atomic mass is 32.2. The van der Waals surface area contributed by atoms with Crippen molar-refractivity contribution >= 4 is 17.7 Å². The van der Waals surface area contributed by atoms with Crippen LogP contribution in [0.3, 0.4) is 0 Å². The Labute approximate surface area is 124 Å². The molecule has 2 aliphatic rings. The molecule has 1 aliphatic carbocycles. The van der Waals surface area contributed by atoms with Gasteiger partial charge in [0.05, 0.1) is 5.60 Å². The lowest BCUT2D eigenvalue weighted by Gasteiger charge is -2.37. The molecule has 0 amide bonds. The molecule has 1 atom stereocenters. The summed E-state index contributed by atoms with van der Waals surface area (Å²) < 4.78 is 8.13. The monoisotopic (exact) mass is 296 g/mol. The maximum absolute atomic E-state index is 6.10. The third-order valence-electron chi connectivity index (χ3n) is 4.44. The fraction of sp³-hybridized carbons (Fsp3) is 0.857. The zero-order valence-electron chi connectivity index (χ0n) is 12.3. The lowest BCUT2D eigenvalue weighted by molar-refractivity contribution is -0.0704. The van der Waals surface area contributed by atoms with Gasteiger partial charge in [-0.05, 0) is 39.5 Å². The van der Waals surface area contributed by atoms with Gasteiger partial charge in [-0.1, -0.05) is 24.6 Å². The highest BCUT2D eigenvalue weighted by Gasteiger charge is 2.40. The Kier molecular flexibility index (Phi) is 3.95. The van der Waals surface area contributed by atoms with Crippen molar-refractivity contribution < 1.29 is 4.74 Å². The van der Waals surface area contributed by atoms with Crippen molar-refractivity contribution in [2.75, 3.05) is 12.3 Å². The summed E-state index contributed by atoms with van der Waals surface area (Å²) in [5.41, 5.74) is 6.07. The first-order valence-corrected chi connectivity index (χ1v) is 8.49. The van der Waals surface area contributed by atoms with Crippen molar-refractivity contribution in [1.29, 1.82) is 0 Å². The Balaban J connectivity index is 1.71. The fourth-order valence-corrected chi connectivity index (χ4v) is 4.86. The molecule has 5 nitrogen and oxygen atoms in total. The quantitative estimate of drug-likeness (QED) is 0.928. The summed E-state index contributed by atoms with van der Waals surface area (Å²) in [5, 5.41) is 9.82. The van der Waals surface area contributed by atoms with Gasteiger partial charge in [-0.2, -0.15) is 0 Å². The predicted molar refractivity (Wildman–Crippen MR) is 80.8 cm³/mol. The van der Waals surface area contributed by atoms with Crippen LogP contribution in [0.25, 0.3) is 0 Å². The van der Waals surface area contributed by atoms with Gasteiger partial charge >= 0.3 is 0 Å². The van der Waals surface area contributed by atoms with Crippen LogP contribution < -0.4 is 5.73 Å². The average Bonchev–Trinajstić information content (AvgIpc) is 2.97. The predicted octanol–water partition coefficient (Wildman–Crippen LogP) is 3.03. The molecule has 112 valence electrons. The van der Waals surface area contributed by atoms with Gasteiger partial charge in [0, 0.05) is 17.9 Å². The lowest BCUT2D eigenvalue weighted by Crippen LogP contribution is -2.38.